The van der Waals surface area contributed by atoms with Crippen LogP contribution in [0.4, 0.5) is 24.7 Å². The van der Waals surface area contributed by atoms with E-state index in [4.69, 9.17) is 5.73 Å². The number of aromatic nitrogens is 2. The molecule has 1 amide bonds. The van der Waals surface area contributed by atoms with Gasteiger partial charge in [0.25, 0.3) is 15.7 Å². The van der Waals surface area contributed by atoms with Gasteiger partial charge in [0.05, 0.1) is 22.9 Å². The summed E-state index contributed by atoms with van der Waals surface area (Å²) in [5.41, 5.74) is 0.258. The normalized spacial score (nSPS) is 19.8. The molecule has 0 radical (unpaired) electrons. The summed E-state index contributed by atoms with van der Waals surface area (Å²) >= 11 is 0. The minimum absolute atomic E-state index is 0.0456. The van der Waals surface area contributed by atoms with E-state index in [-0.39, 0.29) is 29.0 Å². The predicted molar refractivity (Wildman–Crippen MR) is 100 cm³/mol. The molecule has 1 aliphatic carbocycles. The molecule has 1 aromatic carbocycles. The number of benzene rings is 1. The molecule has 8 nitrogen and oxygen atoms in total. The Balaban J connectivity index is 1.89. The van der Waals surface area contributed by atoms with Crippen molar-refractivity contribution < 1.29 is 26.4 Å². The number of amides is 1. The highest BCUT2D eigenvalue weighted by Gasteiger charge is 2.46. The fourth-order valence-electron chi connectivity index (χ4n) is 3.40. The minimum atomic E-state index is -5.46. The molecule has 1 fully saturated rings. The van der Waals surface area contributed by atoms with Crippen molar-refractivity contribution >= 4 is 27.2 Å². The van der Waals surface area contributed by atoms with Gasteiger partial charge in [-0.25, -0.2) is 8.42 Å². The zero-order chi connectivity index (χ0) is 22.1. The molecule has 3 rings (SSSR count). The van der Waals surface area contributed by atoms with Gasteiger partial charge < -0.3 is 11.1 Å². The lowest BCUT2D eigenvalue weighted by atomic mass is 9.85. The lowest BCUT2D eigenvalue weighted by Gasteiger charge is -2.26. The average molecular weight is 441 g/mol. The molecule has 3 N–H and O–H groups in total. The van der Waals surface area contributed by atoms with Crippen LogP contribution in [0.2, 0.25) is 0 Å². The number of nitrogens with two attached hydrogens (primary N) is 1. The van der Waals surface area contributed by atoms with E-state index in [0.717, 1.165) is 37.1 Å². The van der Waals surface area contributed by atoms with Crippen molar-refractivity contribution in [3.8, 4) is 6.07 Å². The summed E-state index contributed by atoms with van der Waals surface area (Å²) in [6.07, 6.45) is 4.70. The molecule has 160 valence electrons. The van der Waals surface area contributed by atoms with Crippen molar-refractivity contribution in [3.63, 3.8) is 0 Å². The van der Waals surface area contributed by atoms with E-state index in [1.165, 1.54) is 10.9 Å². The molecular weight excluding hydrogens is 423 g/mol. The van der Waals surface area contributed by atoms with E-state index < -0.39 is 26.1 Å². The van der Waals surface area contributed by atoms with Crippen molar-refractivity contribution in [2.45, 2.75) is 42.1 Å². The monoisotopic (exact) mass is 441 g/mol. The largest absolute Gasteiger partial charge is 0.501 e. The van der Waals surface area contributed by atoms with E-state index in [1.807, 2.05) is 0 Å². The fourth-order valence-corrected chi connectivity index (χ4v) is 4.16. The first-order valence-corrected chi connectivity index (χ1v) is 10.5. The molecular formula is C18H18F3N5O3S. The molecule has 0 aliphatic heterocycles. The van der Waals surface area contributed by atoms with Crippen LogP contribution in [0.15, 0.2) is 35.4 Å². The molecule has 0 spiro atoms. The Hall–Kier alpha value is -3.07. The second kappa shape index (κ2) is 7.98. The van der Waals surface area contributed by atoms with Crippen molar-refractivity contribution in [1.82, 2.24) is 9.78 Å². The van der Waals surface area contributed by atoms with Gasteiger partial charge in [-0.2, -0.15) is 23.5 Å². The summed E-state index contributed by atoms with van der Waals surface area (Å²) in [6.45, 7) is 0. The summed E-state index contributed by atoms with van der Waals surface area (Å²) in [4.78, 5) is 10.9. The summed E-state index contributed by atoms with van der Waals surface area (Å²) < 4.78 is 62.4. The smallest absolute Gasteiger partial charge is 0.365 e. The number of carbonyl (C=O) groups excluding carboxylic acids is 1. The number of sulfone groups is 1. The summed E-state index contributed by atoms with van der Waals surface area (Å²) in [5.74, 6) is -0.973. The predicted octanol–water partition coefficient (Wildman–Crippen LogP) is 3.27. The van der Waals surface area contributed by atoms with E-state index in [9.17, 15) is 31.6 Å². The molecule has 1 aromatic heterocycles. The van der Waals surface area contributed by atoms with Gasteiger partial charge in [0.15, 0.2) is 5.82 Å². The Kier molecular flexibility index (Phi) is 5.76. The number of nitrogens with zero attached hydrogens (tertiary/aromatic N) is 3. The second-order valence-corrected chi connectivity index (χ2v) is 8.86. The molecule has 2 aromatic rings. The summed E-state index contributed by atoms with van der Waals surface area (Å²) in [5, 5.41) is 16.5. The average Bonchev–Trinajstić information content (AvgIpc) is 3.11. The fraction of sp³-hybridized carbons (Fsp3) is 0.389. The van der Waals surface area contributed by atoms with Crippen molar-refractivity contribution in [2.75, 3.05) is 5.32 Å². The van der Waals surface area contributed by atoms with Crippen LogP contribution >= 0.6 is 0 Å². The summed E-state index contributed by atoms with van der Waals surface area (Å²) in [6, 6.07) is 5.88. The molecule has 12 heteroatoms. The summed E-state index contributed by atoms with van der Waals surface area (Å²) in [7, 11) is -5.46. The molecule has 0 bridgehead atoms. The number of rotatable bonds is 5. The lowest BCUT2D eigenvalue weighted by Crippen LogP contribution is -2.23. The molecule has 1 heterocycles. The third-order valence-electron chi connectivity index (χ3n) is 4.96. The molecule has 1 saturated carbocycles. The number of halogens is 3. The molecule has 2 atom stereocenters. The molecule has 0 unspecified atom stereocenters. The minimum Gasteiger partial charge on any atom is -0.365 e. The number of anilines is 2. The van der Waals surface area contributed by atoms with Gasteiger partial charge in [0.1, 0.15) is 5.56 Å². The van der Waals surface area contributed by atoms with Gasteiger partial charge in [0.2, 0.25) is 0 Å². The quantitative estimate of drug-likeness (QED) is 0.732. The topological polar surface area (TPSA) is 131 Å². The van der Waals surface area contributed by atoms with Crippen LogP contribution in [-0.2, 0) is 9.84 Å². The highest BCUT2D eigenvalue weighted by atomic mass is 32.2. The van der Waals surface area contributed by atoms with Gasteiger partial charge in [-0.05, 0) is 37.1 Å². The Bertz CT molecular complexity index is 1090. The third-order valence-corrected chi connectivity index (χ3v) is 6.47. The van der Waals surface area contributed by atoms with E-state index in [1.54, 1.807) is 0 Å². The Morgan fingerprint density at radius 2 is 1.87 bits per heavy atom. The zero-order valence-corrected chi connectivity index (χ0v) is 16.4. The molecule has 0 saturated heterocycles. The van der Waals surface area contributed by atoms with Crippen LogP contribution < -0.4 is 11.1 Å². The maximum Gasteiger partial charge on any atom is 0.501 e. The van der Waals surface area contributed by atoms with E-state index >= 15 is 0 Å². The number of hydrogen-bond donors (Lipinski definition) is 2. The van der Waals surface area contributed by atoms with Crippen LogP contribution in [0.5, 0.6) is 0 Å². The highest BCUT2D eigenvalue weighted by Crippen LogP contribution is 2.35. The maximum absolute atomic E-state index is 12.7. The SMILES string of the molecule is N#C[C@@H]1CCCC[C@H]1n1cc(C(N)=O)c(Nc2ccc(S(=O)(=O)C(F)(F)F)cc2)n1. The first-order valence-electron chi connectivity index (χ1n) is 9.01. The number of alkyl halides is 3. The standard InChI is InChI=1S/C18H18F3N5O3S/c19-18(20,21)30(28,29)13-7-5-12(6-8-13)24-17-14(16(23)27)10-26(25-17)15-4-2-1-3-11(15)9-22/h5-8,10-11,15H,1-4H2,(H2,23,27)(H,24,25)/t11-,15+/m0/s1. The Morgan fingerprint density at radius 1 is 1.23 bits per heavy atom. The van der Waals surface area contributed by atoms with Crippen molar-refractivity contribution in [3.05, 3.63) is 36.0 Å². The van der Waals surface area contributed by atoms with Crippen LogP contribution in [0.1, 0.15) is 42.1 Å². The number of carbonyl (C=O) groups is 1. The maximum atomic E-state index is 12.7. The Labute approximate surface area is 170 Å². The van der Waals surface area contributed by atoms with Crippen molar-refractivity contribution in [2.24, 2.45) is 11.7 Å². The molecule has 30 heavy (non-hydrogen) atoms. The van der Waals surface area contributed by atoms with Crippen LogP contribution in [0.3, 0.4) is 0 Å². The number of nitrogens with one attached hydrogen (secondary N) is 1. The van der Waals surface area contributed by atoms with Crippen LogP contribution in [-0.4, -0.2) is 29.6 Å². The van der Waals surface area contributed by atoms with Gasteiger partial charge >= 0.3 is 5.51 Å². The van der Waals surface area contributed by atoms with Crippen LogP contribution in [0, 0.1) is 17.2 Å². The van der Waals surface area contributed by atoms with Crippen LogP contribution in [0.25, 0.3) is 0 Å². The van der Waals surface area contributed by atoms with Gasteiger partial charge in [-0.15, -0.1) is 0 Å². The van der Waals surface area contributed by atoms with Gasteiger partial charge in [0, 0.05) is 11.9 Å². The zero-order valence-electron chi connectivity index (χ0n) is 15.6. The third kappa shape index (κ3) is 4.11. The highest BCUT2D eigenvalue weighted by molar-refractivity contribution is 7.92. The Morgan fingerprint density at radius 3 is 2.43 bits per heavy atom. The van der Waals surface area contributed by atoms with Gasteiger partial charge in [-0.3, -0.25) is 9.48 Å². The molecule has 1 aliphatic rings. The first-order chi connectivity index (χ1) is 14.0. The number of nitriles is 1. The second-order valence-electron chi connectivity index (χ2n) is 6.92. The lowest BCUT2D eigenvalue weighted by molar-refractivity contribution is -0.0436. The number of primary amides is 1. The van der Waals surface area contributed by atoms with E-state index in [0.29, 0.717) is 12.8 Å². The van der Waals surface area contributed by atoms with E-state index in [2.05, 4.69) is 16.5 Å². The van der Waals surface area contributed by atoms with Gasteiger partial charge in [-0.1, -0.05) is 12.8 Å². The first kappa shape index (κ1) is 21.6. The van der Waals surface area contributed by atoms with Crippen molar-refractivity contribution in [1.29, 1.82) is 5.26 Å². The number of hydrogen-bond acceptors (Lipinski definition) is 6.